The summed E-state index contributed by atoms with van der Waals surface area (Å²) in [6.07, 6.45) is 5.03. The Labute approximate surface area is 183 Å². The van der Waals surface area contributed by atoms with E-state index in [2.05, 4.69) is 0 Å². The summed E-state index contributed by atoms with van der Waals surface area (Å²) in [5.41, 5.74) is 0.378. The van der Waals surface area contributed by atoms with Gasteiger partial charge >= 0.3 is 5.97 Å². The number of rotatable bonds is 6. The van der Waals surface area contributed by atoms with Gasteiger partial charge in [0.15, 0.2) is 0 Å². The van der Waals surface area contributed by atoms with Crippen molar-refractivity contribution in [1.82, 2.24) is 9.80 Å². The van der Waals surface area contributed by atoms with E-state index in [1.165, 1.54) is 0 Å². The lowest BCUT2D eigenvalue weighted by molar-refractivity contribution is -0.152. The highest BCUT2D eigenvalue weighted by molar-refractivity contribution is 6.30. The van der Waals surface area contributed by atoms with Crippen molar-refractivity contribution in [2.45, 2.75) is 50.9 Å². The van der Waals surface area contributed by atoms with Crippen LogP contribution in [0.4, 0.5) is 0 Å². The molecule has 2 amide bonds. The number of hydrogen-bond donors (Lipinski definition) is 0. The van der Waals surface area contributed by atoms with Gasteiger partial charge < -0.3 is 14.5 Å². The van der Waals surface area contributed by atoms with Crippen LogP contribution in [0.25, 0.3) is 0 Å². The van der Waals surface area contributed by atoms with Crippen molar-refractivity contribution in [3.05, 3.63) is 34.9 Å². The molecule has 1 saturated carbocycles. The number of carbonyl (C=O) groups excluding carboxylic acids is 3. The SMILES string of the molecule is CCOC(=O)C1CCCN(C(=O)CN(C)C(=O)C2(c3ccc(Cl)cc3)CCCC2)C1. The molecule has 1 aromatic rings. The molecule has 0 radical (unpaired) electrons. The Morgan fingerprint density at radius 1 is 1.17 bits per heavy atom. The van der Waals surface area contributed by atoms with Crippen LogP contribution in [0, 0.1) is 5.92 Å². The van der Waals surface area contributed by atoms with Gasteiger partial charge in [0.2, 0.25) is 11.8 Å². The van der Waals surface area contributed by atoms with E-state index in [4.69, 9.17) is 16.3 Å². The predicted molar refractivity (Wildman–Crippen MR) is 115 cm³/mol. The Morgan fingerprint density at radius 2 is 1.83 bits per heavy atom. The number of ether oxygens (including phenoxy) is 1. The lowest BCUT2D eigenvalue weighted by Gasteiger charge is -2.35. The van der Waals surface area contributed by atoms with Crippen LogP contribution in [0.5, 0.6) is 0 Å². The molecule has 1 unspecified atom stereocenters. The van der Waals surface area contributed by atoms with Crippen LogP contribution >= 0.6 is 11.6 Å². The number of amides is 2. The van der Waals surface area contributed by atoms with Crippen LogP contribution in [0.3, 0.4) is 0 Å². The molecule has 30 heavy (non-hydrogen) atoms. The minimum atomic E-state index is -0.588. The van der Waals surface area contributed by atoms with Gasteiger partial charge in [0, 0.05) is 25.2 Å². The van der Waals surface area contributed by atoms with Crippen molar-refractivity contribution >= 4 is 29.4 Å². The molecule has 1 aromatic carbocycles. The summed E-state index contributed by atoms with van der Waals surface area (Å²) in [5, 5.41) is 0.643. The number of nitrogens with zero attached hydrogens (tertiary/aromatic N) is 2. The molecule has 1 atom stereocenters. The number of likely N-dealkylation sites (N-methyl/N-ethyl adjacent to an activating group) is 1. The highest BCUT2D eigenvalue weighted by atomic mass is 35.5. The standard InChI is InChI=1S/C23H31ClN2O4/c1-3-30-21(28)17-7-6-14-26(15-17)20(27)16-25(2)22(29)23(12-4-5-13-23)18-8-10-19(24)11-9-18/h8-11,17H,3-7,12-16H2,1-2H3. The Balaban J connectivity index is 1.67. The maximum Gasteiger partial charge on any atom is 0.310 e. The second kappa shape index (κ2) is 9.82. The molecular formula is C23H31ClN2O4. The molecule has 1 heterocycles. The summed E-state index contributed by atoms with van der Waals surface area (Å²) in [4.78, 5) is 41.7. The Bertz CT molecular complexity index is 774. The van der Waals surface area contributed by atoms with Crippen molar-refractivity contribution in [1.29, 1.82) is 0 Å². The average molecular weight is 435 g/mol. The van der Waals surface area contributed by atoms with E-state index in [1.807, 2.05) is 24.3 Å². The molecule has 164 valence electrons. The maximum absolute atomic E-state index is 13.5. The summed E-state index contributed by atoms with van der Waals surface area (Å²) in [6, 6.07) is 7.49. The van der Waals surface area contributed by atoms with E-state index in [0.29, 0.717) is 24.7 Å². The first-order valence-corrected chi connectivity index (χ1v) is 11.2. The molecule has 0 bridgehead atoms. The number of benzene rings is 1. The lowest BCUT2D eigenvalue weighted by atomic mass is 9.77. The molecule has 0 N–H and O–H groups in total. The van der Waals surface area contributed by atoms with Gasteiger partial charge in [0.05, 0.1) is 24.5 Å². The molecule has 3 rings (SSSR count). The monoisotopic (exact) mass is 434 g/mol. The van der Waals surface area contributed by atoms with E-state index in [9.17, 15) is 14.4 Å². The zero-order chi connectivity index (χ0) is 21.7. The highest BCUT2D eigenvalue weighted by Crippen LogP contribution is 2.42. The Kier molecular flexibility index (Phi) is 7.40. The quantitative estimate of drug-likeness (QED) is 0.643. The van der Waals surface area contributed by atoms with Crippen LogP contribution < -0.4 is 0 Å². The van der Waals surface area contributed by atoms with Crippen LogP contribution in [0.2, 0.25) is 5.02 Å². The molecule has 0 aromatic heterocycles. The van der Waals surface area contributed by atoms with Gasteiger partial charge in [0.25, 0.3) is 0 Å². The smallest absolute Gasteiger partial charge is 0.310 e. The van der Waals surface area contributed by atoms with E-state index < -0.39 is 5.41 Å². The summed E-state index contributed by atoms with van der Waals surface area (Å²) >= 11 is 6.04. The summed E-state index contributed by atoms with van der Waals surface area (Å²) in [5.74, 6) is -0.662. The Morgan fingerprint density at radius 3 is 2.47 bits per heavy atom. The second-order valence-corrected chi connectivity index (χ2v) is 8.82. The first-order valence-electron chi connectivity index (χ1n) is 10.8. The van der Waals surface area contributed by atoms with Gasteiger partial charge in [-0.05, 0) is 50.3 Å². The molecule has 0 spiro atoms. The van der Waals surface area contributed by atoms with Gasteiger partial charge in [-0.15, -0.1) is 0 Å². The normalized spacial score (nSPS) is 20.6. The van der Waals surface area contributed by atoms with E-state index >= 15 is 0 Å². The Hall–Kier alpha value is -2.08. The topological polar surface area (TPSA) is 66.9 Å². The minimum Gasteiger partial charge on any atom is -0.466 e. The first kappa shape index (κ1) is 22.6. The summed E-state index contributed by atoms with van der Waals surface area (Å²) < 4.78 is 5.12. The highest BCUT2D eigenvalue weighted by Gasteiger charge is 2.44. The average Bonchev–Trinajstić information content (AvgIpc) is 3.25. The van der Waals surface area contributed by atoms with Crippen LogP contribution in [0.1, 0.15) is 51.0 Å². The third-order valence-corrected chi connectivity index (χ3v) is 6.63. The largest absolute Gasteiger partial charge is 0.466 e. The summed E-state index contributed by atoms with van der Waals surface area (Å²) in [6.45, 7) is 3.11. The van der Waals surface area contributed by atoms with E-state index in [0.717, 1.165) is 44.1 Å². The van der Waals surface area contributed by atoms with Gasteiger partial charge in [0.1, 0.15) is 0 Å². The molecule has 2 fully saturated rings. The number of carbonyl (C=O) groups is 3. The van der Waals surface area contributed by atoms with Gasteiger partial charge in [-0.2, -0.15) is 0 Å². The lowest BCUT2D eigenvalue weighted by Crippen LogP contribution is -2.50. The number of halogens is 1. The third-order valence-electron chi connectivity index (χ3n) is 6.38. The fourth-order valence-corrected chi connectivity index (χ4v) is 4.90. The van der Waals surface area contributed by atoms with E-state index in [-0.39, 0.29) is 30.2 Å². The zero-order valence-corrected chi connectivity index (χ0v) is 18.6. The maximum atomic E-state index is 13.5. The van der Waals surface area contributed by atoms with Crippen LogP contribution in [0.15, 0.2) is 24.3 Å². The second-order valence-electron chi connectivity index (χ2n) is 8.39. The summed E-state index contributed by atoms with van der Waals surface area (Å²) in [7, 11) is 1.70. The first-order chi connectivity index (χ1) is 14.4. The van der Waals surface area contributed by atoms with E-state index in [1.54, 1.807) is 23.8 Å². The fourth-order valence-electron chi connectivity index (χ4n) is 4.77. The van der Waals surface area contributed by atoms with Crippen molar-refractivity contribution in [3.63, 3.8) is 0 Å². The van der Waals surface area contributed by atoms with Crippen molar-refractivity contribution in [2.75, 3.05) is 33.3 Å². The number of piperidine rings is 1. The van der Waals surface area contributed by atoms with Gasteiger partial charge in [-0.3, -0.25) is 14.4 Å². The van der Waals surface area contributed by atoms with Crippen LogP contribution in [-0.4, -0.2) is 60.9 Å². The molecular weight excluding hydrogens is 404 g/mol. The number of hydrogen-bond acceptors (Lipinski definition) is 4. The molecule has 2 aliphatic rings. The predicted octanol–water partition coefficient (Wildman–Crippen LogP) is 3.41. The fraction of sp³-hybridized carbons (Fsp3) is 0.609. The number of likely N-dealkylation sites (tertiary alicyclic amines) is 1. The third kappa shape index (κ3) is 4.80. The van der Waals surface area contributed by atoms with Gasteiger partial charge in [-0.25, -0.2) is 0 Å². The molecule has 1 saturated heterocycles. The number of esters is 1. The zero-order valence-electron chi connectivity index (χ0n) is 17.9. The van der Waals surface area contributed by atoms with Gasteiger partial charge in [-0.1, -0.05) is 36.6 Å². The molecule has 1 aliphatic heterocycles. The molecule has 7 heteroatoms. The van der Waals surface area contributed by atoms with Crippen molar-refractivity contribution < 1.29 is 19.1 Å². The van der Waals surface area contributed by atoms with Crippen molar-refractivity contribution in [2.24, 2.45) is 5.92 Å². The molecule has 1 aliphatic carbocycles. The van der Waals surface area contributed by atoms with Crippen LogP contribution in [-0.2, 0) is 24.5 Å². The minimum absolute atomic E-state index is 0.0176. The molecule has 6 nitrogen and oxygen atoms in total. The van der Waals surface area contributed by atoms with Crippen molar-refractivity contribution in [3.8, 4) is 0 Å².